The molecule has 4 nitrogen and oxygen atoms in total. The van der Waals surface area contributed by atoms with E-state index in [9.17, 15) is 4.79 Å². The summed E-state index contributed by atoms with van der Waals surface area (Å²) < 4.78 is 0. The Morgan fingerprint density at radius 2 is 2.13 bits per heavy atom. The van der Waals surface area contributed by atoms with Gasteiger partial charge in [0.05, 0.1) is 5.92 Å². The molecule has 0 aromatic rings. The fourth-order valence-corrected chi connectivity index (χ4v) is 1.93. The van der Waals surface area contributed by atoms with Crippen molar-refractivity contribution in [2.24, 2.45) is 5.92 Å². The predicted octanol–water partition coefficient (Wildman–Crippen LogP) is 0.781. The average Bonchev–Trinajstić information content (AvgIpc) is 2.21. The molecule has 0 aliphatic carbocycles. The fraction of sp³-hybridized carbons (Fsp3) is 0.909. The molecule has 0 spiro atoms. The molecule has 15 heavy (non-hydrogen) atoms. The van der Waals surface area contributed by atoms with Crippen LogP contribution in [-0.2, 0) is 4.79 Å². The van der Waals surface area contributed by atoms with Crippen molar-refractivity contribution >= 4 is 5.97 Å². The summed E-state index contributed by atoms with van der Waals surface area (Å²) in [5.74, 6) is -0.914. The van der Waals surface area contributed by atoms with Gasteiger partial charge < -0.3 is 15.3 Å². The van der Waals surface area contributed by atoms with Crippen molar-refractivity contribution in [3.8, 4) is 0 Å². The highest BCUT2D eigenvalue weighted by Crippen LogP contribution is 2.09. The third-order valence-corrected chi connectivity index (χ3v) is 3.21. The molecule has 1 unspecified atom stereocenters. The number of rotatable bonds is 5. The maximum Gasteiger partial charge on any atom is 0.307 e. The molecule has 0 radical (unpaired) electrons. The van der Waals surface area contributed by atoms with Crippen LogP contribution >= 0.6 is 0 Å². The van der Waals surface area contributed by atoms with E-state index in [-0.39, 0.29) is 5.92 Å². The molecule has 2 N–H and O–H groups in total. The summed E-state index contributed by atoms with van der Waals surface area (Å²) in [6.07, 6.45) is 2.97. The Bertz CT molecular complexity index is 201. The number of hydrogen-bond donors (Lipinski definition) is 2. The molecule has 1 saturated heterocycles. The lowest BCUT2D eigenvalue weighted by atomic mass is 10.0. The van der Waals surface area contributed by atoms with E-state index in [1.54, 1.807) is 0 Å². The lowest BCUT2D eigenvalue weighted by molar-refractivity contribution is -0.141. The molecule has 0 saturated carbocycles. The van der Waals surface area contributed by atoms with Gasteiger partial charge in [-0.15, -0.1) is 0 Å². The van der Waals surface area contributed by atoms with Gasteiger partial charge in [-0.25, -0.2) is 0 Å². The molecule has 1 aliphatic rings. The second kappa shape index (κ2) is 6.08. The van der Waals surface area contributed by atoms with E-state index in [1.165, 1.54) is 0 Å². The lowest BCUT2D eigenvalue weighted by Gasteiger charge is -2.30. The van der Waals surface area contributed by atoms with Gasteiger partial charge in [-0.2, -0.15) is 0 Å². The van der Waals surface area contributed by atoms with E-state index in [0.717, 1.165) is 25.9 Å². The van der Waals surface area contributed by atoms with Crippen molar-refractivity contribution in [1.82, 2.24) is 10.2 Å². The molecular weight excluding hydrogens is 192 g/mol. The van der Waals surface area contributed by atoms with E-state index in [4.69, 9.17) is 5.11 Å². The monoisotopic (exact) mass is 214 g/mol. The third-order valence-electron chi connectivity index (χ3n) is 3.21. The van der Waals surface area contributed by atoms with E-state index in [1.807, 2.05) is 6.92 Å². The molecule has 88 valence electrons. The number of piperidine rings is 1. The Morgan fingerprint density at radius 3 is 2.60 bits per heavy atom. The summed E-state index contributed by atoms with van der Waals surface area (Å²) in [5.41, 5.74) is 0. The first kappa shape index (κ1) is 12.5. The van der Waals surface area contributed by atoms with Gasteiger partial charge in [0.15, 0.2) is 0 Å². The normalized spacial score (nSPS) is 21.5. The van der Waals surface area contributed by atoms with E-state index in [0.29, 0.717) is 19.0 Å². The van der Waals surface area contributed by atoms with E-state index in [2.05, 4.69) is 17.3 Å². The zero-order chi connectivity index (χ0) is 11.3. The number of hydrogen-bond acceptors (Lipinski definition) is 3. The molecule has 0 amide bonds. The molecule has 1 heterocycles. The van der Waals surface area contributed by atoms with Gasteiger partial charge >= 0.3 is 5.97 Å². The zero-order valence-electron chi connectivity index (χ0n) is 9.70. The van der Waals surface area contributed by atoms with Crippen LogP contribution in [0.5, 0.6) is 0 Å². The largest absolute Gasteiger partial charge is 0.481 e. The minimum atomic E-state index is -0.682. The van der Waals surface area contributed by atoms with Crippen LogP contribution in [0.25, 0.3) is 0 Å². The van der Waals surface area contributed by atoms with Crippen LogP contribution < -0.4 is 5.32 Å². The van der Waals surface area contributed by atoms with E-state index >= 15 is 0 Å². The van der Waals surface area contributed by atoms with Crippen molar-refractivity contribution in [3.05, 3.63) is 0 Å². The van der Waals surface area contributed by atoms with Crippen molar-refractivity contribution in [3.63, 3.8) is 0 Å². The Labute approximate surface area is 91.6 Å². The van der Waals surface area contributed by atoms with Crippen molar-refractivity contribution in [1.29, 1.82) is 0 Å². The topological polar surface area (TPSA) is 52.6 Å². The highest BCUT2D eigenvalue weighted by atomic mass is 16.4. The molecule has 1 atom stereocenters. The molecule has 4 heteroatoms. The smallest absolute Gasteiger partial charge is 0.307 e. The predicted molar refractivity (Wildman–Crippen MR) is 59.9 cm³/mol. The Morgan fingerprint density at radius 1 is 1.53 bits per heavy atom. The number of carbonyl (C=O) groups is 1. The van der Waals surface area contributed by atoms with Crippen molar-refractivity contribution < 1.29 is 9.90 Å². The third kappa shape index (κ3) is 4.18. The molecule has 1 fully saturated rings. The summed E-state index contributed by atoms with van der Waals surface area (Å²) in [6, 6.07) is 0.509. The van der Waals surface area contributed by atoms with Crippen LogP contribution in [-0.4, -0.2) is 48.7 Å². The highest BCUT2D eigenvalue weighted by molar-refractivity contribution is 5.70. The first-order valence-electron chi connectivity index (χ1n) is 5.78. The molecule has 1 aliphatic heterocycles. The number of aliphatic carboxylic acids is 1. The number of nitrogens with zero attached hydrogens (tertiary/aromatic N) is 1. The Kier molecular flexibility index (Phi) is 5.05. The van der Waals surface area contributed by atoms with Gasteiger partial charge in [0.2, 0.25) is 0 Å². The summed E-state index contributed by atoms with van der Waals surface area (Å²) >= 11 is 0. The minimum absolute atomic E-state index is 0.232. The number of carboxylic acids is 1. The maximum absolute atomic E-state index is 10.8. The van der Waals surface area contributed by atoms with Gasteiger partial charge in [0.1, 0.15) is 0 Å². The average molecular weight is 214 g/mol. The fourth-order valence-electron chi connectivity index (χ4n) is 1.93. The number of carboxylic acid groups (broad SMARTS) is 1. The van der Waals surface area contributed by atoms with Crippen LogP contribution in [0.2, 0.25) is 0 Å². The van der Waals surface area contributed by atoms with Crippen molar-refractivity contribution in [2.45, 2.75) is 32.2 Å². The first-order valence-corrected chi connectivity index (χ1v) is 5.78. The van der Waals surface area contributed by atoms with Crippen molar-refractivity contribution in [2.75, 3.05) is 26.7 Å². The van der Waals surface area contributed by atoms with Crippen LogP contribution in [0.4, 0.5) is 0 Å². The SMILES string of the molecule is CCC(CNC1CCN(C)CC1)C(=O)O. The standard InChI is InChI=1S/C11H22N2O2/c1-3-9(11(14)15)8-12-10-4-6-13(2)7-5-10/h9-10,12H,3-8H2,1-2H3,(H,14,15). The maximum atomic E-state index is 10.8. The Hall–Kier alpha value is -0.610. The van der Waals surface area contributed by atoms with Crippen LogP contribution in [0.15, 0.2) is 0 Å². The molecule has 0 aromatic carbocycles. The molecule has 0 bridgehead atoms. The van der Waals surface area contributed by atoms with Gasteiger partial charge in [-0.3, -0.25) is 4.79 Å². The van der Waals surface area contributed by atoms with Gasteiger partial charge in [0, 0.05) is 12.6 Å². The highest BCUT2D eigenvalue weighted by Gasteiger charge is 2.19. The first-order chi connectivity index (χ1) is 7.13. The zero-order valence-corrected chi connectivity index (χ0v) is 9.70. The lowest BCUT2D eigenvalue weighted by Crippen LogP contribution is -2.43. The number of likely N-dealkylation sites (tertiary alicyclic amines) is 1. The quantitative estimate of drug-likeness (QED) is 0.710. The van der Waals surface area contributed by atoms with Gasteiger partial charge in [-0.1, -0.05) is 6.92 Å². The summed E-state index contributed by atoms with van der Waals surface area (Å²) in [7, 11) is 2.13. The summed E-state index contributed by atoms with van der Waals surface area (Å²) in [6.45, 7) is 4.76. The second-order valence-electron chi connectivity index (χ2n) is 4.43. The molecular formula is C11H22N2O2. The summed E-state index contributed by atoms with van der Waals surface area (Å²) in [4.78, 5) is 13.1. The molecule has 0 aromatic heterocycles. The molecule has 1 rings (SSSR count). The van der Waals surface area contributed by atoms with Gasteiger partial charge in [0.25, 0.3) is 0 Å². The van der Waals surface area contributed by atoms with Gasteiger partial charge in [-0.05, 0) is 39.4 Å². The Balaban J connectivity index is 2.21. The van der Waals surface area contributed by atoms with Crippen LogP contribution in [0.1, 0.15) is 26.2 Å². The van der Waals surface area contributed by atoms with E-state index < -0.39 is 5.97 Å². The minimum Gasteiger partial charge on any atom is -0.481 e. The number of nitrogens with one attached hydrogen (secondary N) is 1. The van der Waals surface area contributed by atoms with Crippen LogP contribution in [0, 0.1) is 5.92 Å². The second-order valence-corrected chi connectivity index (χ2v) is 4.43. The summed E-state index contributed by atoms with van der Waals surface area (Å²) in [5, 5.41) is 12.3. The van der Waals surface area contributed by atoms with Crippen LogP contribution in [0.3, 0.4) is 0 Å².